The third kappa shape index (κ3) is 9.01. The molecule has 0 radical (unpaired) electrons. The molecule has 302 valence electrons. The first-order chi connectivity index (χ1) is 25.2. The number of nitrogens with two attached hydrogens (primary N) is 5. The maximum absolute atomic E-state index is 13.0. The smallest absolute Gasteiger partial charge is 0.319 e. The van der Waals surface area contributed by atoms with Crippen LogP contribution in [0.3, 0.4) is 0 Å². The highest BCUT2D eigenvalue weighted by atomic mass is 16.8. The van der Waals surface area contributed by atoms with Gasteiger partial charge in [0.1, 0.15) is 78.9 Å². The summed E-state index contributed by atoms with van der Waals surface area (Å²) in [5, 5.41) is 80.4. The number of benzene rings is 1. The highest BCUT2D eigenvalue weighted by Crippen LogP contribution is 2.34. The zero-order valence-electron chi connectivity index (χ0n) is 28.9. The number of anilines is 1. The molecule has 0 unspecified atom stereocenters. The second-order valence-corrected chi connectivity index (χ2v) is 13.5. The molecule has 3 aliphatic heterocycles. The molecule has 1 aromatic carbocycles. The highest BCUT2D eigenvalue weighted by Gasteiger charge is 2.55. The van der Waals surface area contributed by atoms with Gasteiger partial charge in [0.15, 0.2) is 18.9 Å². The molecule has 22 heteroatoms. The van der Waals surface area contributed by atoms with E-state index in [9.17, 15) is 40.5 Å². The van der Waals surface area contributed by atoms with Gasteiger partial charge in [0.25, 0.3) is 0 Å². The fraction of sp³-hybridized carbons (Fsp3) is 0.774. The monoisotopic (exact) mass is 763 g/mol. The number of hydrogen-bond acceptors (Lipinski definition) is 20. The van der Waals surface area contributed by atoms with E-state index in [0.717, 1.165) is 0 Å². The Morgan fingerprint density at radius 2 is 1.28 bits per heavy atom. The number of amides is 2. The first-order valence-electron chi connectivity index (χ1n) is 17.2. The van der Waals surface area contributed by atoms with Gasteiger partial charge in [-0.15, -0.1) is 0 Å². The number of aliphatic hydroxyl groups is 7. The number of carbonyl (C=O) groups is 1. The standard InChI is InChI=1S/C31H53N7O15/c1-47-11-4-2-10(3-5-11)37-31(46)38-18-23(44)21(42)15(8-33)49-29(18)52-26-16(9-39)50-30(24(26)45)53-27-19(40)12(34)6-13(35)25(27)51-28-17(36)22(43)20(41)14(7-32)48-28/h2-5,12-30,39-45H,6-9,32-36H2,1H3,(H2,37,38,46)/t12-,13+,14-,15+,16-,17-,18-,19+,20-,21-,22-,23-,24-,25-,26-,27-,28-,29-,30+/m1/s1. The average molecular weight is 764 g/mol. The number of hydrogen-bond donors (Lipinski definition) is 14. The molecular formula is C31H53N7O15. The van der Waals surface area contributed by atoms with Gasteiger partial charge in [0.05, 0.1) is 25.9 Å². The Kier molecular flexibility index (Phi) is 14.2. The molecular weight excluding hydrogens is 710 g/mol. The average Bonchev–Trinajstić information content (AvgIpc) is 3.44. The van der Waals surface area contributed by atoms with Gasteiger partial charge in [0, 0.05) is 30.9 Å². The number of urea groups is 1. The summed E-state index contributed by atoms with van der Waals surface area (Å²) in [7, 11) is 1.48. The summed E-state index contributed by atoms with van der Waals surface area (Å²) in [6.07, 6.45) is -21.4. The predicted molar refractivity (Wildman–Crippen MR) is 179 cm³/mol. The fourth-order valence-corrected chi connectivity index (χ4v) is 6.86. The van der Waals surface area contributed by atoms with Crippen molar-refractivity contribution in [3.05, 3.63) is 24.3 Å². The molecule has 0 spiro atoms. The molecule has 3 saturated heterocycles. The Bertz CT molecular complexity index is 1320. The van der Waals surface area contributed by atoms with E-state index >= 15 is 0 Å². The third-order valence-corrected chi connectivity index (χ3v) is 9.97. The van der Waals surface area contributed by atoms with Gasteiger partial charge in [-0.2, -0.15) is 0 Å². The first-order valence-corrected chi connectivity index (χ1v) is 17.2. The zero-order chi connectivity index (χ0) is 38.7. The second-order valence-electron chi connectivity index (χ2n) is 13.5. The van der Waals surface area contributed by atoms with E-state index < -0.39 is 129 Å². The van der Waals surface area contributed by atoms with Crippen molar-refractivity contribution in [2.75, 3.05) is 32.1 Å². The van der Waals surface area contributed by atoms with Crippen molar-refractivity contribution in [2.24, 2.45) is 28.7 Å². The van der Waals surface area contributed by atoms with Gasteiger partial charge in [0.2, 0.25) is 0 Å². The Hall–Kier alpha value is -2.43. The van der Waals surface area contributed by atoms with Gasteiger partial charge in [-0.3, -0.25) is 0 Å². The van der Waals surface area contributed by atoms with Gasteiger partial charge >= 0.3 is 6.03 Å². The normalized spacial score (nSPS) is 44.7. The quantitative estimate of drug-likeness (QED) is 0.0940. The van der Waals surface area contributed by atoms with E-state index in [1.807, 2.05) is 0 Å². The molecule has 0 bridgehead atoms. The van der Waals surface area contributed by atoms with E-state index in [1.165, 1.54) is 7.11 Å². The summed E-state index contributed by atoms with van der Waals surface area (Å²) >= 11 is 0. The van der Waals surface area contributed by atoms with Crippen LogP contribution in [0.25, 0.3) is 0 Å². The van der Waals surface area contributed by atoms with E-state index in [1.54, 1.807) is 24.3 Å². The Balaban J connectivity index is 1.32. The topological polar surface area (TPSA) is 377 Å². The van der Waals surface area contributed by atoms with Crippen LogP contribution in [0, 0.1) is 0 Å². The van der Waals surface area contributed by atoms with Crippen LogP contribution < -0.4 is 44.0 Å². The lowest BCUT2D eigenvalue weighted by atomic mass is 9.84. The van der Waals surface area contributed by atoms with Gasteiger partial charge < -0.3 is 108 Å². The second kappa shape index (κ2) is 18.0. The van der Waals surface area contributed by atoms with Gasteiger partial charge in [-0.05, 0) is 30.7 Å². The van der Waals surface area contributed by atoms with Gasteiger partial charge in [-0.1, -0.05) is 0 Å². The minimum Gasteiger partial charge on any atom is -0.497 e. The Morgan fingerprint density at radius 1 is 0.717 bits per heavy atom. The maximum atomic E-state index is 13.0. The summed E-state index contributed by atoms with van der Waals surface area (Å²) in [6, 6.07) is 1.00. The summed E-state index contributed by atoms with van der Waals surface area (Å²) < 4.78 is 40.6. The molecule has 53 heavy (non-hydrogen) atoms. The van der Waals surface area contributed by atoms with Crippen molar-refractivity contribution < 1.29 is 73.7 Å². The SMILES string of the molecule is COc1ccc(NC(=O)N[C@H]2[C@@H](O[C@H]3[C@@H](O)[C@H](O[C@@H]4[C@@H](O)[C@H](N)C[C@H](N)[C@H]4O[C@H]4O[C@H](CN)[C@@H](O)[C@H](O)[C@H]4N)O[C@@H]3CO)O[C@@H](CN)[C@@H](O)[C@@H]2O)cc1. The number of aliphatic hydroxyl groups excluding tert-OH is 7. The molecule has 4 aliphatic rings. The van der Waals surface area contributed by atoms with Crippen LogP contribution >= 0.6 is 0 Å². The third-order valence-electron chi connectivity index (χ3n) is 9.97. The van der Waals surface area contributed by atoms with Gasteiger partial charge in [-0.25, -0.2) is 4.79 Å². The number of methoxy groups -OCH3 is 1. The molecule has 1 aliphatic carbocycles. The Morgan fingerprint density at radius 3 is 1.89 bits per heavy atom. The predicted octanol–water partition coefficient (Wildman–Crippen LogP) is -7.02. The van der Waals surface area contributed by atoms with Crippen LogP contribution in [0.15, 0.2) is 24.3 Å². The van der Waals surface area contributed by atoms with E-state index in [2.05, 4.69) is 10.6 Å². The van der Waals surface area contributed by atoms with Crippen LogP contribution in [0.4, 0.5) is 10.5 Å². The molecule has 3 heterocycles. The molecule has 19 atom stereocenters. The number of nitrogens with one attached hydrogen (secondary N) is 2. The van der Waals surface area contributed by atoms with Crippen molar-refractivity contribution in [2.45, 2.75) is 123 Å². The first kappa shape index (κ1) is 41.7. The minimum absolute atomic E-state index is 0.0498. The minimum atomic E-state index is -1.72. The number of carbonyl (C=O) groups excluding carboxylic acids is 1. The number of rotatable bonds is 12. The molecule has 4 fully saturated rings. The summed E-state index contributed by atoms with van der Waals surface area (Å²) in [5.74, 6) is 0.546. The Labute approximate surface area is 304 Å². The summed E-state index contributed by atoms with van der Waals surface area (Å²) in [6.45, 7) is -1.18. The van der Waals surface area contributed by atoms with E-state index in [0.29, 0.717) is 11.4 Å². The summed E-state index contributed by atoms with van der Waals surface area (Å²) in [5.41, 5.74) is 30.4. The van der Waals surface area contributed by atoms with Crippen molar-refractivity contribution in [3.8, 4) is 5.75 Å². The lowest BCUT2D eigenvalue weighted by Gasteiger charge is -2.47. The molecule has 22 nitrogen and oxygen atoms in total. The highest BCUT2D eigenvalue weighted by molar-refractivity contribution is 5.89. The van der Waals surface area contributed by atoms with Crippen LogP contribution in [-0.2, 0) is 28.4 Å². The van der Waals surface area contributed by atoms with Crippen molar-refractivity contribution in [3.63, 3.8) is 0 Å². The fourth-order valence-electron chi connectivity index (χ4n) is 6.86. The molecule has 1 saturated carbocycles. The van der Waals surface area contributed by atoms with Crippen LogP contribution in [0.5, 0.6) is 5.75 Å². The lowest BCUT2D eigenvalue weighted by Crippen LogP contribution is -2.68. The largest absolute Gasteiger partial charge is 0.497 e. The molecule has 2 amide bonds. The maximum Gasteiger partial charge on any atom is 0.319 e. The molecule has 5 rings (SSSR count). The van der Waals surface area contributed by atoms with E-state index in [-0.39, 0.29) is 19.5 Å². The number of ether oxygens (including phenoxy) is 7. The lowest BCUT2D eigenvalue weighted by molar-refractivity contribution is -0.307. The van der Waals surface area contributed by atoms with Crippen molar-refractivity contribution in [1.29, 1.82) is 0 Å². The molecule has 1 aromatic rings. The van der Waals surface area contributed by atoms with Crippen molar-refractivity contribution in [1.82, 2.24) is 5.32 Å². The van der Waals surface area contributed by atoms with Crippen LogP contribution in [0.2, 0.25) is 0 Å². The molecule has 0 aromatic heterocycles. The van der Waals surface area contributed by atoms with E-state index in [4.69, 9.17) is 61.8 Å². The van der Waals surface area contributed by atoms with Crippen LogP contribution in [0.1, 0.15) is 6.42 Å². The van der Waals surface area contributed by atoms with Crippen molar-refractivity contribution >= 4 is 11.7 Å². The van der Waals surface area contributed by atoms with Crippen LogP contribution in [-0.4, -0.2) is 185 Å². The molecule has 19 N–H and O–H groups in total. The zero-order valence-corrected chi connectivity index (χ0v) is 28.9. The summed E-state index contributed by atoms with van der Waals surface area (Å²) in [4.78, 5) is 13.0.